The van der Waals surface area contributed by atoms with Gasteiger partial charge in [-0.1, -0.05) is 22.0 Å². The molecular weight excluding hydrogens is 268 g/mol. The van der Waals surface area contributed by atoms with Crippen molar-refractivity contribution in [3.8, 4) is 0 Å². The van der Waals surface area contributed by atoms with E-state index in [0.29, 0.717) is 12.0 Å². The van der Waals surface area contributed by atoms with Gasteiger partial charge in [-0.05, 0) is 55.0 Å². The first-order valence-electron chi connectivity index (χ1n) is 5.31. The molecule has 1 N–H and O–H groups in total. The number of benzene rings is 1. The van der Waals surface area contributed by atoms with Gasteiger partial charge >= 0.3 is 5.97 Å². The number of aliphatic carboxylic acids is 1. The van der Waals surface area contributed by atoms with E-state index in [4.69, 9.17) is 5.11 Å². The molecule has 3 heteroatoms. The van der Waals surface area contributed by atoms with Crippen molar-refractivity contribution >= 4 is 27.5 Å². The molecular formula is C13H13BrO2. The van der Waals surface area contributed by atoms with Crippen molar-refractivity contribution in [1.82, 2.24) is 0 Å². The number of aryl methyl sites for hydroxylation is 1. The standard InChI is InChI=1S/C13H13BrO2/c1-8-11(13(15)16)4-2-3-9-5-6-10(14)7-12(8)9/h5-7H,2-4H2,1H3,(H,15,16). The zero-order valence-electron chi connectivity index (χ0n) is 9.09. The molecule has 0 heterocycles. The quantitative estimate of drug-likeness (QED) is 0.853. The van der Waals surface area contributed by atoms with Gasteiger partial charge in [0, 0.05) is 10.0 Å². The van der Waals surface area contributed by atoms with Gasteiger partial charge in [-0.25, -0.2) is 4.79 Å². The Kier molecular flexibility index (Phi) is 3.15. The molecule has 0 bridgehead atoms. The Hall–Kier alpha value is -1.09. The van der Waals surface area contributed by atoms with Crippen molar-refractivity contribution < 1.29 is 9.90 Å². The van der Waals surface area contributed by atoms with E-state index in [0.717, 1.165) is 28.5 Å². The maximum Gasteiger partial charge on any atom is 0.331 e. The van der Waals surface area contributed by atoms with Gasteiger partial charge in [-0.2, -0.15) is 0 Å². The molecule has 0 fully saturated rings. The Balaban J connectivity index is 2.61. The van der Waals surface area contributed by atoms with Gasteiger partial charge in [0.15, 0.2) is 0 Å². The number of carboxylic acids is 1. The lowest BCUT2D eigenvalue weighted by Gasteiger charge is -2.08. The summed E-state index contributed by atoms with van der Waals surface area (Å²) in [5.41, 5.74) is 3.78. The molecule has 2 nitrogen and oxygen atoms in total. The summed E-state index contributed by atoms with van der Waals surface area (Å²) in [7, 11) is 0. The molecule has 0 radical (unpaired) electrons. The molecule has 0 aromatic heterocycles. The third-order valence-electron chi connectivity index (χ3n) is 3.06. The Labute approximate surface area is 103 Å². The predicted molar refractivity (Wildman–Crippen MR) is 67.3 cm³/mol. The summed E-state index contributed by atoms with van der Waals surface area (Å²) in [6.07, 6.45) is 2.53. The van der Waals surface area contributed by atoms with Crippen LogP contribution >= 0.6 is 15.9 Å². The van der Waals surface area contributed by atoms with E-state index in [2.05, 4.69) is 22.0 Å². The van der Waals surface area contributed by atoms with Gasteiger partial charge in [0.25, 0.3) is 0 Å². The van der Waals surface area contributed by atoms with Crippen molar-refractivity contribution in [2.75, 3.05) is 0 Å². The third-order valence-corrected chi connectivity index (χ3v) is 3.55. The van der Waals surface area contributed by atoms with Crippen LogP contribution in [0, 0.1) is 0 Å². The van der Waals surface area contributed by atoms with Crippen molar-refractivity contribution in [2.24, 2.45) is 0 Å². The summed E-state index contributed by atoms with van der Waals surface area (Å²) >= 11 is 3.43. The highest BCUT2D eigenvalue weighted by molar-refractivity contribution is 9.10. The van der Waals surface area contributed by atoms with Crippen molar-refractivity contribution in [3.63, 3.8) is 0 Å². The first-order valence-corrected chi connectivity index (χ1v) is 6.10. The molecule has 2 rings (SSSR count). The van der Waals surface area contributed by atoms with Crippen LogP contribution in [0.3, 0.4) is 0 Å². The van der Waals surface area contributed by atoms with Crippen LogP contribution in [0.2, 0.25) is 0 Å². The zero-order chi connectivity index (χ0) is 11.7. The first kappa shape index (κ1) is 11.4. The number of halogens is 1. The van der Waals surface area contributed by atoms with E-state index in [1.165, 1.54) is 5.56 Å². The number of fused-ring (bicyclic) bond motifs is 1. The third kappa shape index (κ3) is 2.05. The molecule has 0 unspecified atom stereocenters. The molecule has 0 aliphatic heterocycles. The molecule has 1 aliphatic rings. The summed E-state index contributed by atoms with van der Waals surface area (Å²) in [6.45, 7) is 1.90. The number of rotatable bonds is 1. The van der Waals surface area contributed by atoms with Gasteiger partial charge < -0.3 is 5.11 Å². The lowest BCUT2D eigenvalue weighted by Crippen LogP contribution is -2.02. The van der Waals surface area contributed by atoms with Gasteiger partial charge in [0.1, 0.15) is 0 Å². The average molecular weight is 281 g/mol. The highest BCUT2D eigenvalue weighted by Gasteiger charge is 2.18. The van der Waals surface area contributed by atoms with Crippen molar-refractivity contribution in [1.29, 1.82) is 0 Å². The van der Waals surface area contributed by atoms with Crippen LogP contribution in [0.4, 0.5) is 0 Å². The summed E-state index contributed by atoms with van der Waals surface area (Å²) in [6, 6.07) is 6.10. The molecule has 0 atom stereocenters. The Bertz CT molecular complexity index is 475. The van der Waals surface area contributed by atoms with Crippen LogP contribution in [-0.2, 0) is 11.2 Å². The molecule has 1 aromatic rings. The highest BCUT2D eigenvalue weighted by Crippen LogP contribution is 2.31. The number of carboxylic acid groups (broad SMARTS) is 1. The highest BCUT2D eigenvalue weighted by atomic mass is 79.9. The maximum absolute atomic E-state index is 11.1. The van der Waals surface area contributed by atoms with Gasteiger partial charge in [0.05, 0.1) is 0 Å². The van der Waals surface area contributed by atoms with Crippen LogP contribution in [0.5, 0.6) is 0 Å². The maximum atomic E-state index is 11.1. The Morgan fingerprint density at radius 3 is 2.81 bits per heavy atom. The largest absolute Gasteiger partial charge is 0.478 e. The number of allylic oxidation sites excluding steroid dienone is 1. The monoisotopic (exact) mass is 280 g/mol. The number of hydrogen-bond donors (Lipinski definition) is 1. The van der Waals surface area contributed by atoms with E-state index in [-0.39, 0.29) is 0 Å². The second kappa shape index (κ2) is 4.42. The van der Waals surface area contributed by atoms with Crippen LogP contribution in [0.1, 0.15) is 30.9 Å². The van der Waals surface area contributed by atoms with Gasteiger partial charge in [0.2, 0.25) is 0 Å². The van der Waals surface area contributed by atoms with Gasteiger partial charge in [-0.15, -0.1) is 0 Å². The lowest BCUT2D eigenvalue weighted by atomic mass is 9.98. The number of carbonyl (C=O) groups is 1. The summed E-state index contributed by atoms with van der Waals surface area (Å²) in [5, 5.41) is 9.16. The molecule has 0 saturated heterocycles. The first-order chi connectivity index (χ1) is 7.59. The van der Waals surface area contributed by atoms with E-state index in [1.54, 1.807) is 0 Å². The van der Waals surface area contributed by atoms with Crippen LogP contribution < -0.4 is 0 Å². The average Bonchev–Trinajstić information content (AvgIpc) is 2.39. The normalized spacial score (nSPS) is 15.6. The van der Waals surface area contributed by atoms with Crippen molar-refractivity contribution in [2.45, 2.75) is 26.2 Å². The second-order valence-corrected chi connectivity index (χ2v) is 4.98. The number of hydrogen-bond acceptors (Lipinski definition) is 1. The molecule has 0 amide bonds. The van der Waals surface area contributed by atoms with E-state index >= 15 is 0 Å². The van der Waals surface area contributed by atoms with E-state index in [9.17, 15) is 4.79 Å². The minimum atomic E-state index is -0.787. The van der Waals surface area contributed by atoms with Gasteiger partial charge in [-0.3, -0.25) is 0 Å². The van der Waals surface area contributed by atoms with Crippen molar-refractivity contribution in [3.05, 3.63) is 39.4 Å². The minimum absolute atomic E-state index is 0.553. The molecule has 0 saturated carbocycles. The van der Waals surface area contributed by atoms with E-state index in [1.807, 2.05) is 19.1 Å². The summed E-state index contributed by atoms with van der Waals surface area (Å²) in [5.74, 6) is -0.787. The molecule has 0 spiro atoms. The topological polar surface area (TPSA) is 37.3 Å². The molecule has 16 heavy (non-hydrogen) atoms. The van der Waals surface area contributed by atoms with Crippen LogP contribution in [0.25, 0.3) is 5.57 Å². The van der Waals surface area contributed by atoms with Crippen LogP contribution in [-0.4, -0.2) is 11.1 Å². The summed E-state index contributed by atoms with van der Waals surface area (Å²) in [4.78, 5) is 11.1. The predicted octanol–water partition coefficient (Wildman–Crippen LogP) is 3.64. The Morgan fingerprint density at radius 2 is 2.12 bits per heavy atom. The summed E-state index contributed by atoms with van der Waals surface area (Å²) < 4.78 is 0.997. The molecule has 1 aromatic carbocycles. The lowest BCUT2D eigenvalue weighted by molar-refractivity contribution is -0.132. The van der Waals surface area contributed by atoms with Crippen LogP contribution in [0.15, 0.2) is 28.2 Å². The zero-order valence-corrected chi connectivity index (χ0v) is 10.7. The fraction of sp³-hybridized carbons (Fsp3) is 0.308. The SMILES string of the molecule is CC1=C(C(=O)O)CCCc2ccc(Br)cc21. The minimum Gasteiger partial charge on any atom is -0.478 e. The second-order valence-electron chi connectivity index (χ2n) is 4.06. The molecule has 84 valence electrons. The van der Waals surface area contributed by atoms with E-state index < -0.39 is 5.97 Å². The fourth-order valence-corrected chi connectivity index (χ4v) is 2.55. The fourth-order valence-electron chi connectivity index (χ4n) is 2.19. The smallest absolute Gasteiger partial charge is 0.331 e. The Morgan fingerprint density at radius 1 is 1.38 bits per heavy atom. The molecule has 1 aliphatic carbocycles.